The Kier molecular flexibility index (Phi) is 7.50. The molecule has 1 aliphatic carbocycles. The summed E-state index contributed by atoms with van der Waals surface area (Å²) in [5.41, 5.74) is -0.0400. The van der Waals surface area contributed by atoms with Gasteiger partial charge in [-0.15, -0.1) is 0 Å². The van der Waals surface area contributed by atoms with Crippen LogP contribution in [-0.2, 0) is 24.4 Å². The van der Waals surface area contributed by atoms with E-state index in [2.05, 4.69) is 31.1 Å². The molecule has 0 unspecified atom stereocenters. The van der Waals surface area contributed by atoms with Gasteiger partial charge in [-0.25, -0.2) is 14.3 Å². The van der Waals surface area contributed by atoms with Crippen molar-refractivity contribution < 1.29 is 4.79 Å². The number of rotatable bonds is 9. The predicted molar refractivity (Wildman–Crippen MR) is 118 cm³/mol. The lowest BCUT2D eigenvalue weighted by molar-refractivity contribution is -0.123. The summed E-state index contributed by atoms with van der Waals surface area (Å²) in [6.45, 7) is 7.19. The Bertz CT molecular complexity index is 987. The Balaban J connectivity index is 1.96. The number of imidazole rings is 1. The van der Waals surface area contributed by atoms with Crippen molar-refractivity contribution in [1.29, 1.82) is 0 Å². The second-order valence-corrected chi connectivity index (χ2v) is 8.58. The molecule has 1 saturated carbocycles. The zero-order valence-electron chi connectivity index (χ0n) is 18.5. The maximum Gasteiger partial charge on any atom is 0.333 e. The second kappa shape index (κ2) is 10.1. The minimum Gasteiger partial charge on any atom is -0.352 e. The van der Waals surface area contributed by atoms with Crippen molar-refractivity contribution >= 4 is 17.1 Å². The zero-order valence-corrected chi connectivity index (χ0v) is 18.5. The number of carbonyl (C=O) groups excluding carboxylic acids is 1. The van der Waals surface area contributed by atoms with Crippen LogP contribution >= 0.6 is 0 Å². The van der Waals surface area contributed by atoms with Gasteiger partial charge >= 0.3 is 5.69 Å². The van der Waals surface area contributed by atoms with Crippen LogP contribution in [0.3, 0.4) is 0 Å². The van der Waals surface area contributed by atoms with Crippen LogP contribution in [-0.4, -0.2) is 30.6 Å². The Morgan fingerprint density at radius 1 is 1.10 bits per heavy atom. The molecule has 8 heteroatoms. The third-order valence-corrected chi connectivity index (χ3v) is 6.23. The zero-order chi connectivity index (χ0) is 21.7. The largest absolute Gasteiger partial charge is 0.352 e. The summed E-state index contributed by atoms with van der Waals surface area (Å²) in [4.78, 5) is 43.5. The van der Waals surface area contributed by atoms with Gasteiger partial charge in [-0.3, -0.25) is 14.2 Å². The molecule has 30 heavy (non-hydrogen) atoms. The van der Waals surface area contributed by atoms with Crippen LogP contribution in [0.15, 0.2) is 15.9 Å². The highest BCUT2D eigenvalue weighted by molar-refractivity contribution is 5.77. The standard InChI is InChI=1S/C22H35N5O3/c1-4-6-12-25-15-23-20-19(25)21(29)27(22(30)26(20)13-7-5-2)14-18(28)24-17-11-9-8-10-16(17)3/h15-17H,4-14H2,1-3H3,(H,24,28)/t16-,17-/m1/s1. The topological polar surface area (TPSA) is 90.9 Å². The van der Waals surface area contributed by atoms with E-state index in [1.54, 1.807) is 10.9 Å². The Morgan fingerprint density at radius 2 is 1.80 bits per heavy atom. The number of amides is 1. The monoisotopic (exact) mass is 417 g/mol. The molecule has 1 aliphatic rings. The van der Waals surface area contributed by atoms with Gasteiger partial charge in [0, 0.05) is 19.1 Å². The maximum atomic E-state index is 13.2. The fourth-order valence-corrected chi connectivity index (χ4v) is 4.32. The maximum absolute atomic E-state index is 13.2. The van der Waals surface area contributed by atoms with Gasteiger partial charge in [0.25, 0.3) is 5.56 Å². The quantitative estimate of drug-likeness (QED) is 0.679. The molecular weight excluding hydrogens is 382 g/mol. The lowest BCUT2D eigenvalue weighted by atomic mass is 9.86. The van der Waals surface area contributed by atoms with E-state index in [4.69, 9.17) is 0 Å². The number of hydrogen-bond donors (Lipinski definition) is 1. The molecule has 2 aromatic rings. The van der Waals surface area contributed by atoms with Gasteiger partial charge in [-0.2, -0.15) is 0 Å². The number of aryl methyl sites for hydroxylation is 2. The van der Waals surface area contributed by atoms with E-state index in [9.17, 15) is 14.4 Å². The summed E-state index contributed by atoms with van der Waals surface area (Å²) < 4.78 is 4.46. The molecule has 8 nitrogen and oxygen atoms in total. The van der Waals surface area contributed by atoms with Crippen molar-refractivity contribution in [2.75, 3.05) is 0 Å². The number of hydrogen-bond acceptors (Lipinski definition) is 4. The van der Waals surface area contributed by atoms with E-state index >= 15 is 0 Å². The summed E-state index contributed by atoms with van der Waals surface area (Å²) in [6.07, 6.45) is 9.60. The van der Waals surface area contributed by atoms with Gasteiger partial charge in [-0.1, -0.05) is 46.5 Å². The molecule has 2 atom stereocenters. The summed E-state index contributed by atoms with van der Waals surface area (Å²) in [6, 6.07) is 0.114. The molecule has 2 aromatic heterocycles. The first kappa shape index (κ1) is 22.3. The number of unbranched alkanes of at least 4 members (excludes halogenated alkanes) is 2. The lowest BCUT2D eigenvalue weighted by Gasteiger charge is -2.29. The van der Waals surface area contributed by atoms with E-state index in [0.29, 0.717) is 30.2 Å². The average Bonchev–Trinajstić information content (AvgIpc) is 3.15. The van der Waals surface area contributed by atoms with Crippen LogP contribution in [0.4, 0.5) is 0 Å². The van der Waals surface area contributed by atoms with Gasteiger partial charge in [-0.05, 0) is 31.6 Å². The molecule has 0 bridgehead atoms. The first-order valence-corrected chi connectivity index (χ1v) is 11.5. The minimum atomic E-state index is -0.450. The first-order valence-electron chi connectivity index (χ1n) is 11.5. The molecule has 0 aromatic carbocycles. The van der Waals surface area contributed by atoms with E-state index in [1.807, 2.05) is 4.57 Å². The minimum absolute atomic E-state index is 0.114. The summed E-state index contributed by atoms with van der Waals surface area (Å²) >= 11 is 0. The highest BCUT2D eigenvalue weighted by atomic mass is 16.2. The van der Waals surface area contributed by atoms with Crippen LogP contribution in [0.25, 0.3) is 11.2 Å². The van der Waals surface area contributed by atoms with Crippen molar-refractivity contribution in [2.45, 2.75) is 97.8 Å². The normalized spacial score (nSPS) is 19.3. The van der Waals surface area contributed by atoms with Crippen molar-refractivity contribution in [3.8, 4) is 0 Å². The van der Waals surface area contributed by atoms with Crippen LogP contribution in [0.2, 0.25) is 0 Å². The number of nitrogens with zero attached hydrogens (tertiary/aromatic N) is 4. The average molecular weight is 418 g/mol. The molecule has 0 spiro atoms. The van der Waals surface area contributed by atoms with Crippen molar-refractivity contribution in [1.82, 2.24) is 24.0 Å². The molecule has 0 aliphatic heterocycles. The molecule has 1 amide bonds. The van der Waals surface area contributed by atoms with Gasteiger partial charge in [0.2, 0.25) is 5.91 Å². The molecule has 1 fully saturated rings. The predicted octanol–water partition coefficient (Wildman–Crippen LogP) is 2.65. The van der Waals surface area contributed by atoms with Crippen molar-refractivity contribution in [3.05, 3.63) is 27.2 Å². The number of carbonyl (C=O) groups is 1. The summed E-state index contributed by atoms with van der Waals surface area (Å²) in [7, 11) is 0. The smallest absolute Gasteiger partial charge is 0.333 e. The molecule has 0 saturated heterocycles. The number of aromatic nitrogens is 4. The van der Waals surface area contributed by atoms with Gasteiger partial charge in [0.05, 0.1) is 6.33 Å². The third-order valence-electron chi connectivity index (χ3n) is 6.23. The van der Waals surface area contributed by atoms with E-state index in [1.165, 1.54) is 6.42 Å². The molecular formula is C22H35N5O3. The highest BCUT2D eigenvalue weighted by Crippen LogP contribution is 2.23. The van der Waals surface area contributed by atoms with Crippen molar-refractivity contribution in [2.24, 2.45) is 5.92 Å². The van der Waals surface area contributed by atoms with E-state index in [0.717, 1.165) is 49.5 Å². The second-order valence-electron chi connectivity index (χ2n) is 8.58. The van der Waals surface area contributed by atoms with Gasteiger partial charge in [0.15, 0.2) is 11.2 Å². The first-order chi connectivity index (χ1) is 14.5. The van der Waals surface area contributed by atoms with Crippen LogP contribution < -0.4 is 16.6 Å². The third kappa shape index (κ3) is 4.68. The van der Waals surface area contributed by atoms with Crippen LogP contribution in [0.1, 0.15) is 72.1 Å². The van der Waals surface area contributed by atoms with Gasteiger partial charge < -0.3 is 9.88 Å². The number of fused-ring (bicyclic) bond motifs is 1. The SMILES string of the molecule is CCCCn1cnc2c1c(=O)n(CC(=O)N[C@@H]1CCCC[C@H]1C)c(=O)n2CCCC. The van der Waals surface area contributed by atoms with Crippen LogP contribution in [0, 0.1) is 5.92 Å². The summed E-state index contributed by atoms with van der Waals surface area (Å²) in [5, 5.41) is 3.06. The van der Waals surface area contributed by atoms with Crippen molar-refractivity contribution in [3.63, 3.8) is 0 Å². The lowest BCUT2D eigenvalue weighted by Crippen LogP contribution is -2.47. The Morgan fingerprint density at radius 3 is 2.50 bits per heavy atom. The summed E-state index contributed by atoms with van der Waals surface area (Å²) in [5.74, 6) is 0.146. The highest BCUT2D eigenvalue weighted by Gasteiger charge is 2.24. The molecule has 0 radical (unpaired) electrons. The Labute approximate surface area is 177 Å². The molecule has 2 heterocycles. The van der Waals surface area contributed by atoms with E-state index in [-0.39, 0.29) is 18.5 Å². The number of nitrogens with one attached hydrogen (secondary N) is 1. The Hall–Kier alpha value is -2.38. The fourth-order valence-electron chi connectivity index (χ4n) is 4.32. The van der Waals surface area contributed by atoms with Crippen LogP contribution in [0.5, 0.6) is 0 Å². The van der Waals surface area contributed by atoms with E-state index < -0.39 is 11.2 Å². The van der Waals surface area contributed by atoms with Gasteiger partial charge in [0.1, 0.15) is 6.54 Å². The molecule has 3 rings (SSSR count). The fraction of sp³-hybridized carbons (Fsp3) is 0.727. The molecule has 1 N–H and O–H groups in total. The molecule has 166 valence electrons.